The molecule has 0 radical (unpaired) electrons. The smallest absolute Gasteiger partial charge is 0.257 e. The van der Waals surface area contributed by atoms with E-state index in [1.807, 2.05) is 4.90 Å². The molecule has 0 aliphatic carbocycles. The molecule has 1 saturated heterocycles. The maximum absolute atomic E-state index is 12.2. The predicted molar refractivity (Wildman–Crippen MR) is 69.3 cm³/mol. The molecule has 1 atom stereocenters. The third kappa shape index (κ3) is 3.26. The summed E-state index contributed by atoms with van der Waals surface area (Å²) in [6.45, 7) is 4.78. The lowest BCUT2D eigenvalue weighted by molar-refractivity contribution is 0.0694. The lowest BCUT2D eigenvalue weighted by atomic mass is 10.0. The number of carbonyl (C=O) groups is 1. The van der Waals surface area contributed by atoms with Gasteiger partial charge in [0.25, 0.3) is 5.91 Å². The lowest BCUT2D eigenvalue weighted by Gasteiger charge is -2.33. The van der Waals surface area contributed by atoms with Crippen LogP contribution in [0.3, 0.4) is 0 Å². The van der Waals surface area contributed by atoms with E-state index in [-0.39, 0.29) is 5.91 Å². The minimum atomic E-state index is 0.0404. The van der Waals surface area contributed by atoms with Gasteiger partial charge in [0.15, 0.2) is 0 Å². The van der Waals surface area contributed by atoms with Crippen LogP contribution in [-0.4, -0.2) is 46.5 Å². The predicted octanol–water partition coefficient (Wildman–Crippen LogP) is 1.08. The molecular weight excluding hydrogens is 228 g/mol. The van der Waals surface area contributed by atoms with E-state index in [1.54, 1.807) is 12.4 Å². The molecule has 1 aliphatic rings. The summed E-state index contributed by atoms with van der Waals surface area (Å²) in [4.78, 5) is 21.9. The molecule has 1 amide bonds. The summed E-state index contributed by atoms with van der Waals surface area (Å²) in [5.74, 6) is 0.0404. The summed E-state index contributed by atoms with van der Waals surface area (Å²) in [5.41, 5.74) is 0.577. The number of hydrogen-bond donors (Lipinski definition) is 1. The number of nitrogens with zero attached hydrogens (tertiary/aromatic N) is 3. The Balaban J connectivity index is 1.94. The largest absolute Gasteiger partial charge is 0.337 e. The van der Waals surface area contributed by atoms with Crippen LogP contribution in [0, 0.1) is 0 Å². The zero-order chi connectivity index (χ0) is 12.8. The van der Waals surface area contributed by atoms with Crippen molar-refractivity contribution in [1.29, 1.82) is 0 Å². The molecule has 2 rings (SSSR count). The second-order valence-electron chi connectivity index (χ2n) is 4.67. The molecule has 1 aliphatic heterocycles. The van der Waals surface area contributed by atoms with Crippen LogP contribution in [0.4, 0.5) is 0 Å². The first-order valence-electron chi connectivity index (χ1n) is 6.59. The molecule has 0 bridgehead atoms. The van der Waals surface area contributed by atoms with Crippen molar-refractivity contribution < 1.29 is 4.79 Å². The molecule has 98 valence electrons. The van der Waals surface area contributed by atoms with E-state index in [0.29, 0.717) is 11.6 Å². The van der Waals surface area contributed by atoms with Gasteiger partial charge >= 0.3 is 0 Å². The van der Waals surface area contributed by atoms with Crippen molar-refractivity contribution in [2.75, 3.05) is 19.6 Å². The van der Waals surface area contributed by atoms with E-state index < -0.39 is 0 Å². The van der Waals surface area contributed by atoms with E-state index in [9.17, 15) is 4.79 Å². The minimum absolute atomic E-state index is 0.0404. The van der Waals surface area contributed by atoms with Crippen LogP contribution in [0.1, 0.15) is 36.5 Å². The molecule has 1 fully saturated rings. The number of hydrogen-bond acceptors (Lipinski definition) is 4. The molecule has 1 aromatic rings. The van der Waals surface area contributed by atoms with Crippen LogP contribution in [0.5, 0.6) is 0 Å². The second-order valence-corrected chi connectivity index (χ2v) is 4.67. The normalized spacial score (nSPS) is 19.8. The van der Waals surface area contributed by atoms with Gasteiger partial charge in [-0.15, -0.1) is 0 Å². The number of nitrogens with one attached hydrogen (secondary N) is 1. The van der Waals surface area contributed by atoms with Gasteiger partial charge in [0.05, 0.1) is 5.56 Å². The molecule has 1 N–H and O–H groups in total. The second kappa shape index (κ2) is 6.44. The Hall–Kier alpha value is -1.49. The van der Waals surface area contributed by atoms with Crippen molar-refractivity contribution in [3.05, 3.63) is 24.3 Å². The molecule has 0 aromatic carbocycles. The van der Waals surface area contributed by atoms with Crippen molar-refractivity contribution in [1.82, 2.24) is 20.2 Å². The molecule has 1 aromatic heterocycles. The number of aromatic nitrogens is 2. The molecule has 5 nitrogen and oxygen atoms in total. The van der Waals surface area contributed by atoms with Gasteiger partial charge in [0.2, 0.25) is 0 Å². The Morgan fingerprint density at radius 2 is 2.28 bits per heavy atom. The van der Waals surface area contributed by atoms with Gasteiger partial charge in [-0.25, -0.2) is 9.97 Å². The summed E-state index contributed by atoms with van der Waals surface area (Å²) in [6.07, 6.45) is 7.93. The lowest BCUT2D eigenvalue weighted by Crippen LogP contribution is -2.48. The average Bonchev–Trinajstić information content (AvgIpc) is 2.45. The van der Waals surface area contributed by atoms with Gasteiger partial charge in [-0.1, -0.05) is 6.92 Å². The minimum Gasteiger partial charge on any atom is -0.337 e. The molecule has 2 heterocycles. The third-order valence-electron chi connectivity index (χ3n) is 3.20. The highest BCUT2D eigenvalue weighted by atomic mass is 16.2. The van der Waals surface area contributed by atoms with Gasteiger partial charge in [-0.2, -0.15) is 0 Å². The highest BCUT2D eigenvalue weighted by molar-refractivity contribution is 5.93. The highest BCUT2D eigenvalue weighted by Gasteiger charge is 2.24. The Morgan fingerprint density at radius 1 is 1.50 bits per heavy atom. The zero-order valence-corrected chi connectivity index (χ0v) is 10.8. The maximum Gasteiger partial charge on any atom is 0.257 e. The average molecular weight is 248 g/mol. The van der Waals surface area contributed by atoms with Gasteiger partial charge in [0, 0.05) is 31.5 Å². The standard InChI is InChI=1S/C13H20N4O/c1-2-5-16-12-4-3-6-17(9-12)13(18)11-7-14-10-15-8-11/h7-8,10,12,16H,2-6,9H2,1H3. The highest BCUT2D eigenvalue weighted by Crippen LogP contribution is 2.13. The van der Waals surface area contributed by atoms with Crippen LogP contribution in [0.25, 0.3) is 0 Å². The van der Waals surface area contributed by atoms with Gasteiger partial charge in [0.1, 0.15) is 6.33 Å². The number of likely N-dealkylation sites (tertiary alicyclic amines) is 1. The maximum atomic E-state index is 12.2. The number of rotatable bonds is 4. The van der Waals surface area contributed by atoms with Crippen molar-refractivity contribution >= 4 is 5.91 Å². The van der Waals surface area contributed by atoms with Crippen molar-refractivity contribution in [3.8, 4) is 0 Å². The van der Waals surface area contributed by atoms with Crippen molar-refractivity contribution in [2.45, 2.75) is 32.2 Å². The summed E-state index contributed by atoms with van der Waals surface area (Å²) < 4.78 is 0. The quantitative estimate of drug-likeness (QED) is 0.866. The van der Waals surface area contributed by atoms with Crippen molar-refractivity contribution in [2.24, 2.45) is 0 Å². The van der Waals surface area contributed by atoms with Crippen LogP contribution in [0.2, 0.25) is 0 Å². The Bertz CT molecular complexity index is 382. The first-order chi connectivity index (χ1) is 8.81. The summed E-state index contributed by atoms with van der Waals surface area (Å²) in [7, 11) is 0. The first kappa shape index (κ1) is 13.0. The summed E-state index contributed by atoms with van der Waals surface area (Å²) in [5, 5.41) is 3.48. The van der Waals surface area contributed by atoms with E-state index in [0.717, 1.165) is 38.9 Å². The van der Waals surface area contributed by atoms with E-state index >= 15 is 0 Å². The Labute approximate surface area is 108 Å². The number of amides is 1. The van der Waals surface area contributed by atoms with E-state index in [2.05, 4.69) is 22.2 Å². The van der Waals surface area contributed by atoms with Gasteiger partial charge < -0.3 is 10.2 Å². The SMILES string of the molecule is CCCNC1CCCN(C(=O)c2cncnc2)C1. The summed E-state index contributed by atoms with van der Waals surface area (Å²) in [6, 6.07) is 0.423. The number of piperidine rings is 1. The van der Waals surface area contributed by atoms with Gasteiger partial charge in [-0.05, 0) is 25.8 Å². The Kier molecular flexibility index (Phi) is 4.64. The van der Waals surface area contributed by atoms with Gasteiger partial charge in [-0.3, -0.25) is 4.79 Å². The van der Waals surface area contributed by atoms with E-state index in [1.165, 1.54) is 6.33 Å². The molecule has 5 heteroatoms. The third-order valence-corrected chi connectivity index (χ3v) is 3.20. The van der Waals surface area contributed by atoms with E-state index in [4.69, 9.17) is 0 Å². The fourth-order valence-corrected chi connectivity index (χ4v) is 2.27. The number of carbonyl (C=O) groups excluding carboxylic acids is 1. The monoisotopic (exact) mass is 248 g/mol. The zero-order valence-electron chi connectivity index (χ0n) is 10.8. The van der Waals surface area contributed by atoms with Crippen LogP contribution in [0.15, 0.2) is 18.7 Å². The van der Waals surface area contributed by atoms with Crippen LogP contribution < -0.4 is 5.32 Å². The van der Waals surface area contributed by atoms with Crippen molar-refractivity contribution in [3.63, 3.8) is 0 Å². The molecule has 0 spiro atoms. The van der Waals surface area contributed by atoms with Crippen LogP contribution in [-0.2, 0) is 0 Å². The summed E-state index contributed by atoms with van der Waals surface area (Å²) >= 11 is 0. The fourth-order valence-electron chi connectivity index (χ4n) is 2.27. The molecule has 1 unspecified atom stereocenters. The molecular formula is C13H20N4O. The molecule has 18 heavy (non-hydrogen) atoms. The topological polar surface area (TPSA) is 58.1 Å². The van der Waals surface area contributed by atoms with Crippen LogP contribution >= 0.6 is 0 Å². The fraction of sp³-hybridized carbons (Fsp3) is 0.615. The first-order valence-corrected chi connectivity index (χ1v) is 6.59. The molecule has 0 saturated carbocycles. The Morgan fingerprint density at radius 3 is 3.00 bits per heavy atom.